The highest BCUT2D eigenvalue weighted by Crippen LogP contribution is 2.28. The summed E-state index contributed by atoms with van der Waals surface area (Å²) in [5.41, 5.74) is 1.04. The topological polar surface area (TPSA) is 34.4 Å². The monoisotopic (exact) mass is 333 g/mol. The summed E-state index contributed by atoms with van der Waals surface area (Å²) < 4.78 is 20.4. The maximum Gasteiger partial charge on any atom is 0.199 e. The number of hydrogen-bond acceptors (Lipinski definition) is 2. The minimum absolute atomic E-state index is 0.266. The van der Waals surface area contributed by atoms with Crippen molar-refractivity contribution >= 4 is 10.8 Å². The third kappa shape index (κ3) is 3.19. The van der Waals surface area contributed by atoms with Gasteiger partial charge in [-0.3, -0.25) is 0 Å². The lowest BCUT2D eigenvalue weighted by atomic mass is 10.2. The van der Waals surface area contributed by atoms with Gasteiger partial charge in [0.1, 0.15) is 17.3 Å². The summed E-state index contributed by atoms with van der Waals surface area (Å²) in [6.45, 7) is 0.567. The van der Waals surface area contributed by atoms with E-state index in [-0.39, 0.29) is 11.7 Å². The van der Waals surface area contributed by atoms with Gasteiger partial charge in [0.05, 0.1) is 6.54 Å². The van der Waals surface area contributed by atoms with Gasteiger partial charge in [0.2, 0.25) is 0 Å². The zero-order valence-corrected chi connectivity index (χ0v) is 13.4. The van der Waals surface area contributed by atoms with E-state index in [1.165, 1.54) is 12.1 Å². The molecule has 0 aliphatic heterocycles. The number of aromatic hydroxyl groups is 1. The molecule has 0 fully saturated rings. The molecule has 1 N–H and O–H groups in total. The van der Waals surface area contributed by atoms with Crippen LogP contribution < -0.4 is 4.74 Å². The molecule has 0 amide bonds. The van der Waals surface area contributed by atoms with Crippen molar-refractivity contribution in [3.05, 3.63) is 90.4 Å². The predicted octanol–water partition coefficient (Wildman–Crippen LogP) is 5.33. The molecular weight excluding hydrogens is 317 g/mol. The van der Waals surface area contributed by atoms with Gasteiger partial charge in [0, 0.05) is 17.0 Å². The molecule has 4 rings (SSSR count). The Morgan fingerprint density at radius 1 is 0.840 bits per heavy atom. The number of rotatable bonds is 4. The van der Waals surface area contributed by atoms with Crippen LogP contribution in [0.2, 0.25) is 0 Å². The van der Waals surface area contributed by atoms with Gasteiger partial charge in [-0.1, -0.05) is 30.3 Å². The number of ether oxygens (including phenoxy) is 1. The molecule has 0 radical (unpaired) electrons. The van der Waals surface area contributed by atoms with Gasteiger partial charge >= 0.3 is 0 Å². The van der Waals surface area contributed by atoms with E-state index in [1.54, 1.807) is 12.1 Å². The van der Waals surface area contributed by atoms with Gasteiger partial charge in [0.15, 0.2) is 5.88 Å². The van der Waals surface area contributed by atoms with Crippen molar-refractivity contribution in [2.45, 2.75) is 6.54 Å². The van der Waals surface area contributed by atoms with Crippen LogP contribution in [0.25, 0.3) is 10.8 Å². The van der Waals surface area contributed by atoms with E-state index < -0.39 is 0 Å². The number of nitrogens with zero attached hydrogens (tertiary/aromatic N) is 1. The molecule has 0 saturated heterocycles. The number of hydrogen-bond donors (Lipinski definition) is 1. The van der Waals surface area contributed by atoms with E-state index in [2.05, 4.69) is 0 Å². The molecule has 3 aromatic carbocycles. The average molecular weight is 333 g/mol. The van der Waals surface area contributed by atoms with Gasteiger partial charge in [-0.2, -0.15) is 0 Å². The Morgan fingerprint density at radius 3 is 2.16 bits per heavy atom. The SMILES string of the molecule is Oc1c2ccccc2cn1Cc1ccc(Oc2ccc(F)cc2)cc1. The highest BCUT2D eigenvalue weighted by Gasteiger charge is 2.08. The zero-order chi connectivity index (χ0) is 17.2. The Balaban J connectivity index is 1.51. The Bertz CT molecular complexity index is 1000. The minimum Gasteiger partial charge on any atom is -0.494 e. The van der Waals surface area contributed by atoms with Crippen molar-refractivity contribution in [2.75, 3.05) is 0 Å². The molecule has 124 valence electrons. The second-order valence-electron chi connectivity index (χ2n) is 5.87. The fraction of sp³-hybridized carbons (Fsp3) is 0.0476. The molecular formula is C21H16FNO2. The first-order valence-corrected chi connectivity index (χ1v) is 7.98. The first-order valence-electron chi connectivity index (χ1n) is 7.98. The minimum atomic E-state index is -0.290. The lowest BCUT2D eigenvalue weighted by Crippen LogP contribution is -1.97. The van der Waals surface area contributed by atoms with Crippen LogP contribution in [0.1, 0.15) is 5.56 Å². The summed E-state index contributed by atoms with van der Waals surface area (Å²) in [7, 11) is 0. The molecule has 0 atom stereocenters. The fourth-order valence-electron chi connectivity index (χ4n) is 2.82. The molecule has 0 aliphatic rings. The molecule has 0 aliphatic carbocycles. The average Bonchev–Trinajstić information content (AvgIpc) is 2.95. The molecule has 0 bridgehead atoms. The Hall–Kier alpha value is -3.27. The van der Waals surface area contributed by atoms with Crippen LogP contribution in [-0.2, 0) is 6.54 Å². The first kappa shape index (κ1) is 15.3. The van der Waals surface area contributed by atoms with Crippen LogP contribution >= 0.6 is 0 Å². The van der Waals surface area contributed by atoms with E-state index >= 15 is 0 Å². The van der Waals surface area contributed by atoms with E-state index in [4.69, 9.17) is 4.74 Å². The maximum atomic E-state index is 12.9. The number of fused-ring (bicyclic) bond motifs is 1. The fourth-order valence-corrected chi connectivity index (χ4v) is 2.82. The van der Waals surface area contributed by atoms with Crippen LogP contribution in [0, 0.1) is 5.82 Å². The summed E-state index contributed by atoms with van der Waals surface area (Å²) in [6, 6.07) is 21.3. The van der Waals surface area contributed by atoms with E-state index in [0.717, 1.165) is 16.3 Å². The van der Waals surface area contributed by atoms with Crippen LogP contribution in [0.4, 0.5) is 4.39 Å². The molecule has 4 aromatic rings. The normalized spacial score (nSPS) is 10.9. The van der Waals surface area contributed by atoms with Crippen molar-refractivity contribution in [3.8, 4) is 17.4 Å². The third-order valence-electron chi connectivity index (χ3n) is 4.09. The van der Waals surface area contributed by atoms with Gasteiger partial charge < -0.3 is 14.4 Å². The van der Waals surface area contributed by atoms with Gasteiger partial charge in [-0.25, -0.2) is 4.39 Å². The molecule has 3 nitrogen and oxygen atoms in total. The molecule has 0 spiro atoms. The molecule has 1 aromatic heterocycles. The van der Waals surface area contributed by atoms with Crippen LogP contribution in [0.3, 0.4) is 0 Å². The standard InChI is InChI=1S/C21H16FNO2/c22-17-7-11-19(12-8-17)25-18-9-5-15(6-10-18)13-23-14-16-3-1-2-4-20(16)21(23)24/h1-12,14,24H,13H2. The molecule has 0 unspecified atom stereocenters. The first-order chi connectivity index (χ1) is 12.2. The molecule has 1 heterocycles. The second-order valence-corrected chi connectivity index (χ2v) is 5.87. The third-order valence-corrected chi connectivity index (χ3v) is 4.09. The molecule has 0 saturated carbocycles. The maximum absolute atomic E-state index is 12.9. The van der Waals surface area contributed by atoms with Crippen molar-refractivity contribution < 1.29 is 14.2 Å². The quantitative estimate of drug-likeness (QED) is 0.548. The predicted molar refractivity (Wildman–Crippen MR) is 95.6 cm³/mol. The summed E-state index contributed by atoms with van der Waals surface area (Å²) in [4.78, 5) is 0. The van der Waals surface area contributed by atoms with Crippen molar-refractivity contribution in [2.24, 2.45) is 0 Å². The van der Waals surface area contributed by atoms with Crippen LogP contribution in [-0.4, -0.2) is 9.67 Å². The Morgan fingerprint density at radius 2 is 1.48 bits per heavy atom. The van der Waals surface area contributed by atoms with Gasteiger partial charge in [-0.15, -0.1) is 0 Å². The van der Waals surface area contributed by atoms with Gasteiger partial charge in [-0.05, 0) is 48.0 Å². The highest BCUT2D eigenvalue weighted by atomic mass is 19.1. The Labute approximate surface area is 144 Å². The summed E-state index contributed by atoms with van der Waals surface area (Å²) >= 11 is 0. The summed E-state index contributed by atoms with van der Waals surface area (Å²) in [6.07, 6.45) is 1.94. The summed E-state index contributed by atoms with van der Waals surface area (Å²) in [5.74, 6) is 1.24. The van der Waals surface area contributed by atoms with E-state index in [9.17, 15) is 9.50 Å². The number of halogens is 1. The van der Waals surface area contributed by atoms with Crippen molar-refractivity contribution in [3.63, 3.8) is 0 Å². The van der Waals surface area contributed by atoms with Crippen LogP contribution in [0.5, 0.6) is 17.4 Å². The number of aromatic nitrogens is 1. The van der Waals surface area contributed by atoms with Gasteiger partial charge in [0.25, 0.3) is 0 Å². The van der Waals surface area contributed by atoms with Crippen molar-refractivity contribution in [1.29, 1.82) is 0 Å². The Kier molecular flexibility index (Phi) is 3.86. The molecule has 25 heavy (non-hydrogen) atoms. The highest BCUT2D eigenvalue weighted by molar-refractivity contribution is 5.87. The smallest absolute Gasteiger partial charge is 0.199 e. The van der Waals surface area contributed by atoms with Crippen molar-refractivity contribution in [1.82, 2.24) is 4.57 Å². The lowest BCUT2D eigenvalue weighted by molar-refractivity contribution is 0.430. The van der Waals surface area contributed by atoms with E-state index in [1.807, 2.05) is 59.3 Å². The van der Waals surface area contributed by atoms with Crippen LogP contribution in [0.15, 0.2) is 79.0 Å². The second kappa shape index (κ2) is 6.32. The number of benzene rings is 3. The van der Waals surface area contributed by atoms with E-state index in [0.29, 0.717) is 18.0 Å². The largest absolute Gasteiger partial charge is 0.494 e. The zero-order valence-electron chi connectivity index (χ0n) is 13.4. The lowest BCUT2D eigenvalue weighted by Gasteiger charge is -2.08. The molecule has 4 heteroatoms. The summed E-state index contributed by atoms with van der Waals surface area (Å²) in [5, 5.41) is 12.2.